The van der Waals surface area contributed by atoms with Crippen LogP contribution in [0.3, 0.4) is 0 Å². The highest BCUT2D eigenvalue weighted by Crippen LogP contribution is 2.14. The third kappa shape index (κ3) is 4.60. The van der Waals surface area contributed by atoms with Crippen molar-refractivity contribution in [3.05, 3.63) is 62.8 Å². The molecule has 3 heterocycles. The minimum atomic E-state index is -0.130. The quantitative estimate of drug-likeness (QED) is 0.630. The van der Waals surface area contributed by atoms with Crippen molar-refractivity contribution in [2.45, 2.75) is 19.4 Å². The second-order valence-corrected chi connectivity index (χ2v) is 8.03. The van der Waals surface area contributed by atoms with Gasteiger partial charge in [-0.1, -0.05) is 18.2 Å². The second-order valence-electron chi connectivity index (χ2n) is 7.09. The predicted molar refractivity (Wildman–Crippen MR) is 112 cm³/mol. The average molecular weight is 410 g/mol. The molecule has 4 rings (SSSR count). The van der Waals surface area contributed by atoms with E-state index in [1.54, 1.807) is 12.1 Å². The molecule has 150 valence electrons. The average Bonchev–Trinajstić information content (AvgIpc) is 3.27. The van der Waals surface area contributed by atoms with Crippen LogP contribution in [0.5, 0.6) is 0 Å². The van der Waals surface area contributed by atoms with Crippen molar-refractivity contribution < 1.29 is 9.59 Å². The van der Waals surface area contributed by atoms with Crippen LogP contribution in [0.15, 0.2) is 46.6 Å². The first-order valence-corrected chi connectivity index (χ1v) is 10.5. The summed E-state index contributed by atoms with van der Waals surface area (Å²) in [5.41, 5.74) is 0.560. The molecule has 1 N–H and O–H groups in total. The summed E-state index contributed by atoms with van der Waals surface area (Å²) in [6, 6.07) is 10.9. The Balaban J connectivity index is 1.28. The van der Waals surface area contributed by atoms with Gasteiger partial charge in [0.15, 0.2) is 5.78 Å². The monoisotopic (exact) mass is 410 g/mol. The van der Waals surface area contributed by atoms with E-state index in [9.17, 15) is 14.4 Å². The first kappa shape index (κ1) is 19.5. The lowest BCUT2D eigenvalue weighted by Crippen LogP contribution is -2.48. The van der Waals surface area contributed by atoms with Crippen molar-refractivity contribution >= 4 is 33.9 Å². The van der Waals surface area contributed by atoms with Crippen molar-refractivity contribution in [1.29, 1.82) is 0 Å². The molecule has 0 radical (unpaired) electrons. The number of Topliss-reactive ketones (excluding diaryl/α,β-unsaturated/α-hetero) is 1. The second kappa shape index (κ2) is 8.67. The van der Waals surface area contributed by atoms with Crippen LogP contribution in [-0.2, 0) is 11.3 Å². The molecule has 0 spiro atoms. The number of nitrogens with one attached hydrogen (secondary N) is 1. The van der Waals surface area contributed by atoms with Crippen molar-refractivity contribution in [3.63, 3.8) is 0 Å². The maximum absolute atomic E-state index is 12.4. The van der Waals surface area contributed by atoms with E-state index in [4.69, 9.17) is 0 Å². The molecule has 0 unspecified atom stereocenters. The lowest BCUT2D eigenvalue weighted by atomic mass is 10.1. The predicted octanol–water partition coefficient (Wildman–Crippen LogP) is 2.29. The van der Waals surface area contributed by atoms with Crippen molar-refractivity contribution in [3.8, 4) is 0 Å². The zero-order valence-corrected chi connectivity index (χ0v) is 16.8. The molecular formula is C21H22N4O3S. The lowest BCUT2D eigenvalue weighted by Gasteiger charge is -2.34. The van der Waals surface area contributed by atoms with Gasteiger partial charge in [0.1, 0.15) is 5.82 Å². The van der Waals surface area contributed by atoms with Gasteiger partial charge in [-0.15, -0.1) is 11.3 Å². The Kier molecular flexibility index (Phi) is 5.82. The SMILES string of the molecule is O=C(CCC(=O)N1CCN(Cc2nc3ccccc3c(=O)[nH]2)CC1)c1cccs1. The van der Waals surface area contributed by atoms with Crippen LogP contribution >= 0.6 is 11.3 Å². The third-order valence-corrected chi connectivity index (χ3v) is 6.03. The number of hydrogen-bond donors (Lipinski definition) is 1. The Morgan fingerprint density at radius 2 is 1.83 bits per heavy atom. The summed E-state index contributed by atoms with van der Waals surface area (Å²) in [6.07, 6.45) is 0.498. The maximum atomic E-state index is 12.4. The van der Waals surface area contributed by atoms with Gasteiger partial charge >= 0.3 is 0 Å². The molecule has 1 saturated heterocycles. The number of amides is 1. The smallest absolute Gasteiger partial charge is 0.258 e. The van der Waals surface area contributed by atoms with E-state index >= 15 is 0 Å². The number of aromatic nitrogens is 2. The number of fused-ring (bicyclic) bond motifs is 1. The maximum Gasteiger partial charge on any atom is 0.258 e. The number of aromatic amines is 1. The first-order valence-electron chi connectivity index (χ1n) is 9.65. The zero-order valence-electron chi connectivity index (χ0n) is 16.0. The van der Waals surface area contributed by atoms with Gasteiger partial charge in [0.25, 0.3) is 5.56 Å². The number of piperazine rings is 1. The molecule has 1 fully saturated rings. The van der Waals surface area contributed by atoms with Gasteiger partial charge in [-0.05, 0) is 23.6 Å². The fourth-order valence-electron chi connectivity index (χ4n) is 3.52. The molecule has 2 aromatic heterocycles. The Morgan fingerprint density at radius 3 is 2.59 bits per heavy atom. The van der Waals surface area contributed by atoms with E-state index in [-0.39, 0.29) is 30.1 Å². The van der Waals surface area contributed by atoms with Crippen LogP contribution in [0.1, 0.15) is 28.3 Å². The van der Waals surface area contributed by atoms with Crippen molar-refractivity contribution in [2.75, 3.05) is 26.2 Å². The highest BCUT2D eigenvalue weighted by molar-refractivity contribution is 7.12. The summed E-state index contributed by atoms with van der Waals surface area (Å²) in [5.74, 6) is 0.681. The lowest BCUT2D eigenvalue weighted by molar-refractivity contribution is -0.133. The molecule has 3 aromatic rings. The number of H-pyrrole nitrogens is 1. The minimum Gasteiger partial charge on any atom is -0.340 e. The minimum absolute atomic E-state index is 0.0202. The molecule has 1 aromatic carbocycles. The van der Waals surface area contributed by atoms with Gasteiger partial charge in [-0.2, -0.15) is 0 Å². The van der Waals surface area contributed by atoms with Gasteiger partial charge in [-0.3, -0.25) is 19.3 Å². The van der Waals surface area contributed by atoms with Crippen LogP contribution in [-0.4, -0.2) is 57.6 Å². The summed E-state index contributed by atoms with van der Waals surface area (Å²) < 4.78 is 0. The molecule has 1 aliphatic heterocycles. The summed E-state index contributed by atoms with van der Waals surface area (Å²) in [6.45, 7) is 3.19. The fraction of sp³-hybridized carbons (Fsp3) is 0.333. The summed E-state index contributed by atoms with van der Waals surface area (Å²) in [5, 5.41) is 2.45. The molecular weight excluding hydrogens is 388 g/mol. The number of hydrogen-bond acceptors (Lipinski definition) is 6. The van der Waals surface area contributed by atoms with Gasteiger partial charge in [0, 0.05) is 39.0 Å². The third-order valence-electron chi connectivity index (χ3n) is 5.12. The van der Waals surface area contributed by atoms with E-state index < -0.39 is 0 Å². The number of thiophene rings is 1. The van der Waals surface area contributed by atoms with E-state index in [1.807, 2.05) is 34.5 Å². The standard InChI is InChI=1S/C21H22N4O3S/c26-17(18-6-3-13-29-18)7-8-20(27)25-11-9-24(10-12-25)14-19-22-16-5-2-1-4-15(16)21(28)23-19/h1-6,13H,7-12,14H2,(H,22,23,28). The van der Waals surface area contributed by atoms with Gasteiger partial charge < -0.3 is 9.88 Å². The van der Waals surface area contributed by atoms with E-state index in [0.29, 0.717) is 54.3 Å². The van der Waals surface area contributed by atoms with Gasteiger partial charge in [-0.25, -0.2) is 4.98 Å². The van der Waals surface area contributed by atoms with Crippen LogP contribution in [0.25, 0.3) is 10.9 Å². The topological polar surface area (TPSA) is 86.4 Å². The van der Waals surface area contributed by atoms with Crippen LogP contribution < -0.4 is 5.56 Å². The van der Waals surface area contributed by atoms with Crippen molar-refractivity contribution in [2.24, 2.45) is 0 Å². The number of ketones is 1. The Bertz CT molecular complexity index is 1070. The van der Waals surface area contributed by atoms with Crippen LogP contribution in [0, 0.1) is 0 Å². The molecule has 8 heteroatoms. The molecule has 0 aliphatic carbocycles. The molecule has 0 bridgehead atoms. The van der Waals surface area contributed by atoms with Crippen molar-refractivity contribution in [1.82, 2.24) is 19.8 Å². The first-order chi connectivity index (χ1) is 14.1. The Morgan fingerprint density at radius 1 is 1.03 bits per heavy atom. The normalized spacial score (nSPS) is 15.0. The molecule has 1 amide bonds. The summed E-state index contributed by atoms with van der Waals surface area (Å²) >= 11 is 1.41. The molecule has 7 nitrogen and oxygen atoms in total. The molecule has 1 aliphatic rings. The number of carbonyl (C=O) groups is 2. The molecule has 29 heavy (non-hydrogen) atoms. The largest absolute Gasteiger partial charge is 0.340 e. The van der Waals surface area contributed by atoms with E-state index in [0.717, 1.165) is 0 Å². The molecule has 0 atom stereocenters. The number of para-hydroxylation sites is 1. The Hall–Kier alpha value is -2.84. The summed E-state index contributed by atoms with van der Waals surface area (Å²) in [4.78, 5) is 48.8. The number of carbonyl (C=O) groups excluding carboxylic acids is 2. The zero-order chi connectivity index (χ0) is 20.2. The summed E-state index contributed by atoms with van der Waals surface area (Å²) in [7, 11) is 0. The number of nitrogens with zero attached hydrogens (tertiary/aromatic N) is 3. The fourth-order valence-corrected chi connectivity index (χ4v) is 4.21. The van der Waals surface area contributed by atoms with Crippen LogP contribution in [0.2, 0.25) is 0 Å². The highest BCUT2D eigenvalue weighted by Gasteiger charge is 2.22. The number of rotatable bonds is 6. The highest BCUT2D eigenvalue weighted by atomic mass is 32.1. The Labute approximate surface area is 172 Å². The van der Waals surface area contributed by atoms with E-state index in [2.05, 4.69) is 14.9 Å². The van der Waals surface area contributed by atoms with Gasteiger partial charge in [0.2, 0.25) is 5.91 Å². The number of benzene rings is 1. The van der Waals surface area contributed by atoms with E-state index in [1.165, 1.54) is 11.3 Å². The van der Waals surface area contributed by atoms with Crippen LogP contribution in [0.4, 0.5) is 0 Å². The molecule has 0 saturated carbocycles. The van der Waals surface area contributed by atoms with Gasteiger partial charge in [0.05, 0.1) is 22.3 Å².